The molecule has 0 spiro atoms. The number of nitrogens with zero attached hydrogens (tertiary/aromatic N) is 1. The van der Waals surface area contributed by atoms with Gasteiger partial charge in [-0.2, -0.15) is 0 Å². The van der Waals surface area contributed by atoms with Crippen molar-refractivity contribution in [1.82, 2.24) is 5.32 Å². The molecule has 0 bridgehead atoms. The molecule has 30 heavy (non-hydrogen) atoms. The summed E-state index contributed by atoms with van der Waals surface area (Å²) in [6, 6.07) is 13.1. The first kappa shape index (κ1) is 23.7. The zero-order valence-electron chi connectivity index (χ0n) is 18.7. The number of hydrogen-bond acceptors (Lipinski definition) is 4. The van der Waals surface area contributed by atoms with E-state index >= 15 is 0 Å². The monoisotopic (exact) mass is 432 g/mol. The van der Waals surface area contributed by atoms with Crippen molar-refractivity contribution in [3.05, 3.63) is 59.2 Å². The quantitative estimate of drug-likeness (QED) is 0.647. The normalized spacial score (nSPS) is 11.8. The third-order valence-corrected chi connectivity index (χ3v) is 6.09. The van der Waals surface area contributed by atoms with Crippen LogP contribution >= 0.6 is 0 Å². The van der Waals surface area contributed by atoms with Gasteiger partial charge in [-0.1, -0.05) is 45.0 Å². The summed E-state index contributed by atoms with van der Waals surface area (Å²) in [5.74, 6) is 0.394. The van der Waals surface area contributed by atoms with Crippen LogP contribution in [-0.2, 0) is 20.2 Å². The van der Waals surface area contributed by atoms with Crippen LogP contribution in [0.4, 0.5) is 5.69 Å². The lowest BCUT2D eigenvalue weighted by Gasteiger charge is -2.24. The van der Waals surface area contributed by atoms with Gasteiger partial charge in [-0.3, -0.25) is 9.10 Å². The molecule has 0 unspecified atom stereocenters. The molecule has 0 aromatic heterocycles. The van der Waals surface area contributed by atoms with Crippen LogP contribution in [0.5, 0.6) is 5.75 Å². The number of rotatable bonds is 8. The Morgan fingerprint density at radius 3 is 2.27 bits per heavy atom. The van der Waals surface area contributed by atoms with Gasteiger partial charge in [0.25, 0.3) is 0 Å². The molecule has 0 atom stereocenters. The lowest BCUT2D eigenvalue weighted by Crippen LogP contribution is -2.41. The summed E-state index contributed by atoms with van der Waals surface area (Å²) in [6.45, 7) is 10.6. The Bertz CT molecular complexity index is 977. The van der Waals surface area contributed by atoms with Crippen LogP contribution in [0.3, 0.4) is 0 Å². The molecule has 2 aromatic carbocycles. The van der Waals surface area contributed by atoms with Crippen LogP contribution in [0.15, 0.2) is 42.5 Å². The first-order chi connectivity index (χ1) is 13.9. The molecule has 1 N–H and O–H groups in total. The van der Waals surface area contributed by atoms with Crippen LogP contribution in [0.2, 0.25) is 0 Å². The maximum atomic E-state index is 12.4. The van der Waals surface area contributed by atoms with Gasteiger partial charge in [0.1, 0.15) is 18.9 Å². The van der Waals surface area contributed by atoms with Crippen molar-refractivity contribution in [1.29, 1.82) is 0 Å². The average molecular weight is 433 g/mol. The standard InChI is InChI=1S/C23H32N2O4S/c1-17-8-7-9-21(18(17)2)29-15-14-24-22(26)16-25(30(6,27)28)20-12-10-19(11-13-20)23(3,4)5/h7-13H,14-16H2,1-6H3,(H,24,26). The van der Waals surface area contributed by atoms with Crippen LogP contribution in [0, 0.1) is 13.8 Å². The predicted molar refractivity (Wildman–Crippen MR) is 122 cm³/mol. The smallest absolute Gasteiger partial charge is 0.240 e. The highest BCUT2D eigenvalue weighted by Crippen LogP contribution is 2.26. The largest absolute Gasteiger partial charge is 0.491 e. The fourth-order valence-corrected chi connectivity index (χ4v) is 3.80. The summed E-state index contributed by atoms with van der Waals surface area (Å²) < 4.78 is 31.3. The van der Waals surface area contributed by atoms with Crippen LogP contribution in [0.25, 0.3) is 0 Å². The van der Waals surface area contributed by atoms with E-state index in [-0.39, 0.29) is 24.4 Å². The molecule has 2 rings (SSSR count). The highest BCUT2D eigenvalue weighted by molar-refractivity contribution is 7.92. The zero-order valence-corrected chi connectivity index (χ0v) is 19.5. The lowest BCUT2D eigenvalue weighted by molar-refractivity contribution is -0.119. The van der Waals surface area contributed by atoms with Gasteiger partial charge in [-0.05, 0) is 54.2 Å². The van der Waals surface area contributed by atoms with Crippen molar-refractivity contribution in [2.24, 2.45) is 0 Å². The number of anilines is 1. The Morgan fingerprint density at radius 1 is 1.07 bits per heavy atom. The third kappa shape index (κ3) is 6.49. The minimum absolute atomic E-state index is 0.0402. The fourth-order valence-electron chi connectivity index (χ4n) is 2.95. The minimum atomic E-state index is -3.60. The second kappa shape index (κ2) is 9.51. The molecule has 2 aromatic rings. The van der Waals surface area contributed by atoms with E-state index < -0.39 is 10.0 Å². The molecule has 1 amide bonds. The molecule has 0 aliphatic heterocycles. The number of sulfonamides is 1. The first-order valence-corrected chi connectivity index (χ1v) is 11.8. The molecule has 6 nitrogen and oxygen atoms in total. The Kier molecular flexibility index (Phi) is 7.53. The Labute approximate surface area is 180 Å². The van der Waals surface area contributed by atoms with Gasteiger partial charge >= 0.3 is 0 Å². The fraction of sp³-hybridized carbons (Fsp3) is 0.435. The molecule has 0 saturated heterocycles. The van der Waals surface area contributed by atoms with E-state index in [4.69, 9.17) is 4.74 Å². The molecule has 164 valence electrons. The molecule has 0 fully saturated rings. The van der Waals surface area contributed by atoms with Gasteiger partial charge in [0.2, 0.25) is 15.9 Å². The summed E-state index contributed by atoms with van der Waals surface area (Å²) in [5, 5.41) is 2.72. The number of benzene rings is 2. The van der Waals surface area contributed by atoms with Gasteiger partial charge in [0.15, 0.2) is 0 Å². The van der Waals surface area contributed by atoms with E-state index in [1.807, 2.05) is 44.2 Å². The second-order valence-electron chi connectivity index (χ2n) is 8.46. The lowest BCUT2D eigenvalue weighted by atomic mass is 9.87. The third-order valence-electron chi connectivity index (χ3n) is 4.95. The summed E-state index contributed by atoms with van der Waals surface area (Å²) in [4.78, 5) is 12.4. The number of amides is 1. The van der Waals surface area contributed by atoms with E-state index in [2.05, 4.69) is 26.1 Å². The highest BCUT2D eigenvalue weighted by atomic mass is 32.2. The van der Waals surface area contributed by atoms with Gasteiger partial charge in [0.05, 0.1) is 18.5 Å². The zero-order chi connectivity index (χ0) is 22.5. The van der Waals surface area contributed by atoms with E-state index in [9.17, 15) is 13.2 Å². The Balaban J connectivity index is 1.96. The number of hydrogen-bond donors (Lipinski definition) is 1. The average Bonchev–Trinajstić information content (AvgIpc) is 2.65. The van der Waals surface area contributed by atoms with Crippen molar-refractivity contribution in [2.75, 3.05) is 30.3 Å². The molecule has 0 aliphatic carbocycles. The van der Waals surface area contributed by atoms with E-state index in [0.29, 0.717) is 12.3 Å². The van der Waals surface area contributed by atoms with Crippen LogP contribution in [-0.4, -0.2) is 40.3 Å². The summed E-state index contributed by atoms with van der Waals surface area (Å²) in [7, 11) is -3.60. The number of carbonyl (C=O) groups excluding carboxylic acids is 1. The number of aryl methyl sites for hydroxylation is 1. The van der Waals surface area contributed by atoms with Crippen molar-refractivity contribution in [3.8, 4) is 5.75 Å². The van der Waals surface area contributed by atoms with Crippen molar-refractivity contribution in [2.45, 2.75) is 40.0 Å². The minimum Gasteiger partial charge on any atom is -0.491 e. The molecule has 0 saturated carbocycles. The molecule has 7 heteroatoms. The molecular formula is C23H32N2O4S. The highest BCUT2D eigenvalue weighted by Gasteiger charge is 2.22. The van der Waals surface area contributed by atoms with Crippen LogP contribution < -0.4 is 14.4 Å². The van der Waals surface area contributed by atoms with Crippen LogP contribution in [0.1, 0.15) is 37.5 Å². The van der Waals surface area contributed by atoms with Gasteiger partial charge in [0, 0.05) is 0 Å². The Hall–Kier alpha value is -2.54. The topological polar surface area (TPSA) is 75.7 Å². The summed E-state index contributed by atoms with van der Waals surface area (Å²) in [5.41, 5.74) is 3.71. The maximum Gasteiger partial charge on any atom is 0.240 e. The first-order valence-electron chi connectivity index (χ1n) is 9.93. The van der Waals surface area contributed by atoms with Crippen molar-refractivity contribution < 1.29 is 17.9 Å². The Morgan fingerprint density at radius 2 is 1.70 bits per heavy atom. The number of nitrogens with one attached hydrogen (secondary N) is 1. The maximum absolute atomic E-state index is 12.4. The number of ether oxygens (including phenoxy) is 1. The van der Waals surface area contributed by atoms with E-state index in [1.165, 1.54) is 0 Å². The summed E-state index contributed by atoms with van der Waals surface area (Å²) >= 11 is 0. The van der Waals surface area contributed by atoms with E-state index in [0.717, 1.165) is 33.0 Å². The molecule has 0 aliphatic rings. The van der Waals surface area contributed by atoms with Crippen molar-refractivity contribution >= 4 is 21.6 Å². The van der Waals surface area contributed by atoms with Gasteiger partial charge in [-0.15, -0.1) is 0 Å². The number of carbonyl (C=O) groups is 1. The molecule has 0 radical (unpaired) electrons. The van der Waals surface area contributed by atoms with Crippen molar-refractivity contribution in [3.63, 3.8) is 0 Å². The van der Waals surface area contributed by atoms with E-state index in [1.54, 1.807) is 12.1 Å². The second-order valence-corrected chi connectivity index (χ2v) is 10.4. The van der Waals surface area contributed by atoms with Gasteiger partial charge in [-0.25, -0.2) is 8.42 Å². The molecule has 0 heterocycles. The molecular weight excluding hydrogens is 400 g/mol. The summed E-state index contributed by atoms with van der Waals surface area (Å²) in [6.07, 6.45) is 1.10. The van der Waals surface area contributed by atoms with Gasteiger partial charge < -0.3 is 10.1 Å². The predicted octanol–water partition coefficient (Wildman–Crippen LogP) is 3.56. The SMILES string of the molecule is Cc1cccc(OCCNC(=O)CN(c2ccc(C(C)(C)C)cc2)S(C)(=O)=O)c1C.